The number of rotatable bonds is 0. The average Bonchev–Trinajstić information content (AvgIpc) is 2.44. The van der Waals surface area contributed by atoms with Crippen LogP contribution in [-0.4, -0.2) is 36.2 Å². The molecule has 1 N–H and O–H groups in total. The van der Waals surface area contributed by atoms with E-state index in [1.807, 2.05) is 0 Å². The molecule has 1 amide bonds. The van der Waals surface area contributed by atoms with Crippen molar-refractivity contribution in [3.8, 4) is 0 Å². The Morgan fingerprint density at radius 1 is 1.70 bits per heavy atom. The summed E-state index contributed by atoms with van der Waals surface area (Å²) in [4.78, 5) is 11.8. The van der Waals surface area contributed by atoms with E-state index in [1.165, 1.54) is 4.90 Å². The molecule has 2 aliphatic rings. The van der Waals surface area contributed by atoms with E-state index < -0.39 is 6.09 Å². The molecule has 2 atom stereocenters. The first-order chi connectivity index (χ1) is 4.77. The van der Waals surface area contributed by atoms with E-state index in [9.17, 15) is 9.90 Å². The number of carbonyl (C=O) groups is 1. The molecule has 2 rings (SSSR count). The number of piperazine rings is 1. The predicted molar refractivity (Wildman–Crippen MR) is 32.3 cm³/mol. The van der Waals surface area contributed by atoms with Crippen LogP contribution in [0.2, 0.25) is 0 Å². The van der Waals surface area contributed by atoms with E-state index in [4.69, 9.17) is 0 Å². The quantitative estimate of drug-likeness (QED) is 0.441. The fourth-order valence-electron chi connectivity index (χ4n) is 1.78. The number of fused-ring (bicyclic) bond motifs is 2. The fourth-order valence-corrected chi connectivity index (χ4v) is 1.78. The van der Waals surface area contributed by atoms with Crippen LogP contribution in [0.25, 0.3) is 0 Å². The Hall–Kier alpha value is -0.770. The summed E-state index contributed by atoms with van der Waals surface area (Å²) < 4.78 is 0. The van der Waals surface area contributed by atoms with Crippen LogP contribution in [0.1, 0.15) is 6.42 Å². The van der Waals surface area contributed by atoms with Gasteiger partial charge in [0.2, 0.25) is 0 Å². The van der Waals surface area contributed by atoms with Gasteiger partial charge in [-0.1, -0.05) is 0 Å². The molecule has 4 nitrogen and oxygen atoms in total. The van der Waals surface area contributed by atoms with Gasteiger partial charge >= 0.3 is 0 Å². The largest absolute Gasteiger partial charge is 0.530 e. The molecule has 10 heavy (non-hydrogen) atoms. The summed E-state index contributed by atoms with van der Waals surface area (Å²) in [5.74, 6) is 0. The van der Waals surface area contributed by atoms with Crippen molar-refractivity contribution in [3.05, 3.63) is 0 Å². The molecule has 2 saturated heterocycles. The van der Waals surface area contributed by atoms with Crippen molar-refractivity contribution >= 4 is 6.09 Å². The topological polar surface area (TPSA) is 55.4 Å². The molecule has 0 aromatic heterocycles. The summed E-state index contributed by atoms with van der Waals surface area (Å²) in [5.41, 5.74) is 0. The van der Waals surface area contributed by atoms with Crippen LogP contribution in [0.3, 0.4) is 0 Å². The molecule has 0 aromatic rings. The van der Waals surface area contributed by atoms with E-state index in [0.717, 1.165) is 13.0 Å². The lowest BCUT2D eigenvalue weighted by molar-refractivity contribution is -0.266. The summed E-state index contributed by atoms with van der Waals surface area (Å²) in [6.07, 6.45) is -0.0532. The number of nitrogens with zero attached hydrogens (tertiary/aromatic N) is 1. The standard InChI is InChI=1S/C6H10N2O2/c9-6(10)8-3-4-1-5(8)2-7-4/h4-5,7H,1-3H2,(H,9,10)/p-1/t4-,5-/m0/s1. The van der Waals surface area contributed by atoms with Gasteiger partial charge in [0.15, 0.2) is 0 Å². The predicted octanol–water partition coefficient (Wildman–Crippen LogP) is -1.62. The van der Waals surface area contributed by atoms with E-state index in [1.54, 1.807) is 0 Å². The third kappa shape index (κ3) is 0.686. The number of hydrogen-bond donors (Lipinski definition) is 1. The highest BCUT2D eigenvalue weighted by atomic mass is 16.4. The SMILES string of the molecule is O=C([O-])N1C[C@@H]2C[C@H]1CN2. The lowest BCUT2D eigenvalue weighted by atomic mass is 10.2. The Bertz CT molecular complexity index is 171. The van der Waals surface area contributed by atoms with E-state index in [2.05, 4.69) is 5.32 Å². The summed E-state index contributed by atoms with van der Waals surface area (Å²) >= 11 is 0. The highest BCUT2D eigenvalue weighted by Crippen LogP contribution is 2.21. The molecule has 0 aliphatic carbocycles. The molecule has 2 bridgehead atoms. The summed E-state index contributed by atoms with van der Waals surface area (Å²) in [7, 11) is 0. The van der Waals surface area contributed by atoms with Gasteiger partial charge < -0.3 is 20.1 Å². The van der Waals surface area contributed by atoms with Crippen molar-refractivity contribution in [2.45, 2.75) is 18.5 Å². The van der Waals surface area contributed by atoms with Crippen molar-refractivity contribution in [1.82, 2.24) is 10.2 Å². The minimum atomic E-state index is -1.02. The average molecular weight is 141 g/mol. The van der Waals surface area contributed by atoms with Gasteiger partial charge in [-0.3, -0.25) is 0 Å². The molecule has 2 heterocycles. The Balaban J connectivity index is 2.08. The number of carbonyl (C=O) groups excluding carboxylic acids is 1. The fraction of sp³-hybridized carbons (Fsp3) is 0.833. The van der Waals surface area contributed by atoms with Crippen LogP contribution >= 0.6 is 0 Å². The zero-order chi connectivity index (χ0) is 7.14. The molecule has 0 spiro atoms. The molecule has 0 radical (unpaired) electrons. The van der Waals surface area contributed by atoms with Crippen LogP contribution in [0.5, 0.6) is 0 Å². The van der Waals surface area contributed by atoms with Gasteiger partial charge in [-0.25, -0.2) is 0 Å². The number of carboxylic acid groups (broad SMARTS) is 1. The molecule has 0 unspecified atom stereocenters. The molecule has 0 aromatic carbocycles. The van der Waals surface area contributed by atoms with Gasteiger partial charge in [0.1, 0.15) is 6.09 Å². The third-order valence-electron chi connectivity index (χ3n) is 2.29. The van der Waals surface area contributed by atoms with Gasteiger partial charge in [0.05, 0.1) is 0 Å². The van der Waals surface area contributed by atoms with Crippen molar-refractivity contribution < 1.29 is 9.90 Å². The molecule has 4 heteroatoms. The Morgan fingerprint density at radius 2 is 2.50 bits per heavy atom. The van der Waals surface area contributed by atoms with Crippen LogP contribution in [-0.2, 0) is 0 Å². The Kier molecular flexibility index (Phi) is 1.11. The minimum Gasteiger partial charge on any atom is -0.530 e. The number of amides is 1. The Morgan fingerprint density at radius 3 is 2.80 bits per heavy atom. The molecule has 56 valence electrons. The first kappa shape index (κ1) is 5.97. The molecule has 2 fully saturated rings. The first-order valence-corrected chi connectivity index (χ1v) is 3.48. The van der Waals surface area contributed by atoms with Crippen LogP contribution in [0.4, 0.5) is 4.79 Å². The summed E-state index contributed by atoms with van der Waals surface area (Å²) in [6, 6.07) is 0.581. The van der Waals surface area contributed by atoms with Gasteiger partial charge in [-0.2, -0.15) is 0 Å². The van der Waals surface area contributed by atoms with Crippen molar-refractivity contribution in [1.29, 1.82) is 0 Å². The zero-order valence-electron chi connectivity index (χ0n) is 5.54. The maximum atomic E-state index is 10.4. The molecule has 2 aliphatic heterocycles. The normalized spacial score (nSPS) is 37.0. The number of nitrogens with one attached hydrogen (secondary N) is 1. The van der Waals surface area contributed by atoms with Crippen LogP contribution in [0.15, 0.2) is 0 Å². The smallest absolute Gasteiger partial charge is 0.137 e. The van der Waals surface area contributed by atoms with Crippen LogP contribution in [0, 0.1) is 0 Å². The van der Waals surface area contributed by atoms with Crippen molar-refractivity contribution in [3.63, 3.8) is 0 Å². The van der Waals surface area contributed by atoms with E-state index in [-0.39, 0.29) is 6.04 Å². The van der Waals surface area contributed by atoms with Gasteiger partial charge in [0, 0.05) is 25.2 Å². The van der Waals surface area contributed by atoms with Gasteiger partial charge in [-0.05, 0) is 6.42 Å². The monoisotopic (exact) mass is 141 g/mol. The summed E-state index contributed by atoms with van der Waals surface area (Å²) in [6.45, 7) is 1.42. The number of likely N-dealkylation sites (tertiary alicyclic amines) is 1. The van der Waals surface area contributed by atoms with Crippen molar-refractivity contribution in [2.24, 2.45) is 0 Å². The lowest BCUT2D eigenvalue weighted by Gasteiger charge is -2.29. The Labute approximate surface area is 58.8 Å². The maximum Gasteiger partial charge on any atom is 0.137 e. The molecular weight excluding hydrogens is 132 g/mol. The van der Waals surface area contributed by atoms with Crippen LogP contribution < -0.4 is 10.4 Å². The second-order valence-electron chi connectivity index (χ2n) is 2.91. The highest BCUT2D eigenvalue weighted by molar-refractivity contribution is 5.64. The third-order valence-corrected chi connectivity index (χ3v) is 2.29. The maximum absolute atomic E-state index is 10.4. The summed E-state index contributed by atoms with van der Waals surface area (Å²) in [5, 5.41) is 13.6. The van der Waals surface area contributed by atoms with E-state index >= 15 is 0 Å². The van der Waals surface area contributed by atoms with Crippen molar-refractivity contribution in [2.75, 3.05) is 13.1 Å². The first-order valence-electron chi connectivity index (χ1n) is 3.48. The highest BCUT2D eigenvalue weighted by Gasteiger charge is 2.37. The van der Waals surface area contributed by atoms with Gasteiger partial charge in [-0.15, -0.1) is 0 Å². The van der Waals surface area contributed by atoms with E-state index in [0.29, 0.717) is 12.6 Å². The second kappa shape index (κ2) is 1.85. The zero-order valence-corrected chi connectivity index (χ0v) is 5.54. The number of hydrogen-bond acceptors (Lipinski definition) is 3. The molecule has 0 saturated carbocycles. The second-order valence-corrected chi connectivity index (χ2v) is 2.91. The molecular formula is C6H9N2O2-. The minimum absolute atomic E-state index is 0.190. The lowest BCUT2D eigenvalue weighted by Crippen LogP contribution is -2.51. The van der Waals surface area contributed by atoms with Gasteiger partial charge in [0.25, 0.3) is 0 Å².